The summed E-state index contributed by atoms with van der Waals surface area (Å²) in [5, 5.41) is 11.9. The molecule has 3 N–H and O–H groups in total. The van der Waals surface area contributed by atoms with Crippen molar-refractivity contribution < 1.29 is 0 Å². The summed E-state index contributed by atoms with van der Waals surface area (Å²) in [4.78, 5) is 9.16. The van der Waals surface area contributed by atoms with Crippen LogP contribution >= 0.6 is 0 Å². The molecule has 1 fully saturated rings. The highest BCUT2D eigenvalue weighted by molar-refractivity contribution is 5.77. The van der Waals surface area contributed by atoms with Crippen LogP contribution in [0.4, 0.5) is 0 Å². The number of hydrogen-bond donors (Lipinski definition) is 2. The van der Waals surface area contributed by atoms with Crippen molar-refractivity contribution in [2.45, 2.75) is 25.8 Å². The Kier molecular flexibility index (Phi) is 4.88. The zero-order chi connectivity index (χ0) is 16.9. The molecular weight excluding hydrogens is 298 g/mol. The summed E-state index contributed by atoms with van der Waals surface area (Å²) in [5.41, 5.74) is 10.6. The molecule has 1 aromatic heterocycles. The first-order chi connectivity index (χ1) is 11.7. The summed E-state index contributed by atoms with van der Waals surface area (Å²) in [6, 6.07) is 8.51. The average Bonchev–Trinajstić information content (AvgIpc) is 2.56. The zero-order valence-corrected chi connectivity index (χ0v) is 13.7. The predicted molar refractivity (Wildman–Crippen MR) is 95.7 cm³/mol. The van der Waals surface area contributed by atoms with Gasteiger partial charge >= 0.3 is 0 Å². The Morgan fingerprint density at radius 3 is 3.00 bits per heavy atom. The molecule has 24 heavy (non-hydrogen) atoms. The van der Waals surface area contributed by atoms with Gasteiger partial charge in [0.25, 0.3) is 0 Å². The van der Waals surface area contributed by atoms with E-state index in [0.29, 0.717) is 18.5 Å². The largest absolute Gasteiger partial charge is 0.388 e. The third-order valence-electron chi connectivity index (χ3n) is 4.36. The lowest BCUT2D eigenvalue weighted by Gasteiger charge is -2.33. The number of aromatic nitrogens is 2. The Hall–Kier alpha value is -2.71. The molecule has 0 bridgehead atoms. The lowest BCUT2D eigenvalue weighted by atomic mass is 9.80. The van der Waals surface area contributed by atoms with Crippen LogP contribution in [0, 0.1) is 24.2 Å². The maximum atomic E-state index is 8.54. The van der Waals surface area contributed by atoms with Crippen LogP contribution in [-0.2, 0) is 0 Å². The van der Waals surface area contributed by atoms with Gasteiger partial charge in [-0.1, -0.05) is 12.1 Å². The second-order valence-electron chi connectivity index (χ2n) is 6.20. The highest BCUT2D eigenvalue weighted by Gasteiger charge is 2.26. The molecule has 122 valence electrons. The molecule has 3 rings (SSSR count). The standard InChI is InChI=1S/C19H21N5/c1-13-4-5-17-18(7-13)23-12-19(24-17)15(10-21)11-22-16-8-14(9-16)3-2-6-20/h2-5,7,11-12,14,16,22H,8-10,21H2,1H3/b3-2+,15-11+. The van der Waals surface area contributed by atoms with Gasteiger partial charge in [-0.2, -0.15) is 5.26 Å². The minimum Gasteiger partial charge on any atom is -0.388 e. The summed E-state index contributed by atoms with van der Waals surface area (Å²) in [6.07, 6.45) is 9.35. The van der Waals surface area contributed by atoms with E-state index in [1.807, 2.05) is 43.5 Å². The summed E-state index contributed by atoms with van der Waals surface area (Å²) in [6.45, 7) is 2.45. The fourth-order valence-corrected chi connectivity index (χ4v) is 2.87. The zero-order valence-electron chi connectivity index (χ0n) is 13.7. The van der Waals surface area contributed by atoms with Crippen LogP contribution in [0.25, 0.3) is 16.6 Å². The number of rotatable bonds is 5. The van der Waals surface area contributed by atoms with Crippen LogP contribution in [0.1, 0.15) is 24.1 Å². The smallest absolute Gasteiger partial charge is 0.0908 e. The fraction of sp³-hybridized carbons (Fsp3) is 0.316. The van der Waals surface area contributed by atoms with Gasteiger partial charge in [0.1, 0.15) is 0 Å². The molecule has 0 aliphatic heterocycles. The summed E-state index contributed by atoms with van der Waals surface area (Å²) in [5.74, 6) is 0.501. The van der Waals surface area contributed by atoms with E-state index >= 15 is 0 Å². The van der Waals surface area contributed by atoms with E-state index in [4.69, 9.17) is 11.0 Å². The fourth-order valence-electron chi connectivity index (χ4n) is 2.87. The van der Waals surface area contributed by atoms with E-state index in [1.54, 1.807) is 12.3 Å². The molecule has 0 saturated heterocycles. The van der Waals surface area contributed by atoms with Crippen molar-refractivity contribution in [3.8, 4) is 6.07 Å². The van der Waals surface area contributed by atoms with Crippen LogP contribution in [0.15, 0.2) is 42.7 Å². The van der Waals surface area contributed by atoms with E-state index in [0.717, 1.165) is 35.1 Å². The lowest BCUT2D eigenvalue weighted by molar-refractivity contribution is 0.291. The molecule has 1 saturated carbocycles. The molecule has 1 aliphatic carbocycles. The van der Waals surface area contributed by atoms with E-state index < -0.39 is 0 Å². The molecule has 1 aromatic carbocycles. The average molecular weight is 319 g/mol. The van der Waals surface area contributed by atoms with Gasteiger partial charge in [0.05, 0.1) is 29.0 Å². The molecular formula is C19H21N5. The normalized spacial score (nSPS) is 20.8. The van der Waals surface area contributed by atoms with Crippen LogP contribution < -0.4 is 11.1 Å². The second-order valence-corrected chi connectivity index (χ2v) is 6.20. The van der Waals surface area contributed by atoms with Gasteiger partial charge in [0, 0.05) is 30.4 Å². The van der Waals surface area contributed by atoms with Gasteiger partial charge in [0.15, 0.2) is 0 Å². The third kappa shape index (κ3) is 3.61. The van der Waals surface area contributed by atoms with Crippen molar-refractivity contribution in [2.24, 2.45) is 11.7 Å². The first kappa shape index (κ1) is 16.2. The lowest BCUT2D eigenvalue weighted by Crippen LogP contribution is -2.38. The molecule has 0 spiro atoms. The molecule has 2 aromatic rings. The number of nitrogens with one attached hydrogen (secondary N) is 1. The Balaban J connectivity index is 1.69. The summed E-state index contributed by atoms with van der Waals surface area (Å²) in [7, 11) is 0. The molecule has 5 heteroatoms. The van der Waals surface area contributed by atoms with Gasteiger partial charge in [-0.25, -0.2) is 4.98 Å². The number of nitrogens with two attached hydrogens (primary N) is 1. The monoisotopic (exact) mass is 319 g/mol. The van der Waals surface area contributed by atoms with Gasteiger partial charge < -0.3 is 11.1 Å². The van der Waals surface area contributed by atoms with Crippen molar-refractivity contribution in [1.82, 2.24) is 15.3 Å². The number of nitrogens with zero attached hydrogens (tertiary/aromatic N) is 3. The number of hydrogen-bond acceptors (Lipinski definition) is 5. The number of nitriles is 1. The molecule has 5 nitrogen and oxygen atoms in total. The number of fused-ring (bicyclic) bond motifs is 1. The van der Waals surface area contributed by atoms with E-state index in [9.17, 15) is 0 Å². The first-order valence-electron chi connectivity index (χ1n) is 8.15. The topological polar surface area (TPSA) is 87.6 Å². The Morgan fingerprint density at radius 2 is 2.25 bits per heavy atom. The SMILES string of the molecule is Cc1ccc2nc(/C(=C/NC3CC(/C=C/C#N)C3)CN)cnc2c1. The van der Waals surface area contributed by atoms with E-state index in [-0.39, 0.29) is 0 Å². The van der Waals surface area contributed by atoms with Gasteiger partial charge in [0.2, 0.25) is 0 Å². The summed E-state index contributed by atoms with van der Waals surface area (Å²) >= 11 is 0. The van der Waals surface area contributed by atoms with Crippen LogP contribution in [0.5, 0.6) is 0 Å². The second kappa shape index (κ2) is 7.24. The Bertz CT molecular complexity index is 825. The molecule has 1 heterocycles. The quantitative estimate of drug-likeness (QED) is 0.827. The number of allylic oxidation sites excluding steroid dienone is 2. The van der Waals surface area contributed by atoms with Crippen molar-refractivity contribution in [2.75, 3.05) is 6.54 Å². The molecule has 0 atom stereocenters. The van der Waals surface area contributed by atoms with E-state index in [2.05, 4.69) is 15.3 Å². The predicted octanol–water partition coefficient (Wildman–Crippen LogP) is 2.69. The Labute approximate surface area is 141 Å². The maximum absolute atomic E-state index is 8.54. The highest BCUT2D eigenvalue weighted by atomic mass is 14.9. The van der Waals surface area contributed by atoms with Crippen molar-refractivity contribution >= 4 is 16.6 Å². The third-order valence-corrected chi connectivity index (χ3v) is 4.36. The van der Waals surface area contributed by atoms with Gasteiger partial charge in [-0.05, 0) is 43.4 Å². The Morgan fingerprint density at radius 1 is 1.42 bits per heavy atom. The molecule has 0 unspecified atom stereocenters. The minimum absolute atomic E-state index is 0.406. The van der Waals surface area contributed by atoms with Crippen molar-refractivity contribution in [3.63, 3.8) is 0 Å². The first-order valence-corrected chi connectivity index (χ1v) is 8.15. The maximum Gasteiger partial charge on any atom is 0.0908 e. The molecule has 1 aliphatic rings. The van der Waals surface area contributed by atoms with Gasteiger partial charge in [-0.15, -0.1) is 0 Å². The molecule has 0 amide bonds. The minimum atomic E-state index is 0.406. The van der Waals surface area contributed by atoms with Crippen LogP contribution in [0.3, 0.4) is 0 Å². The number of benzene rings is 1. The van der Waals surface area contributed by atoms with Crippen molar-refractivity contribution in [3.05, 3.63) is 54.0 Å². The van der Waals surface area contributed by atoms with Crippen molar-refractivity contribution in [1.29, 1.82) is 5.26 Å². The van der Waals surface area contributed by atoms with E-state index in [1.165, 1.54) is 5.56 Å². The molecule has 0 radical (unpaired) electrons. The number of aryl methyl sites for hydroxylation is 1. The van der Waals surface area contributed by atoms with Crippen LogP contribution in [-0.4, -0.2) is 22.6 Å². The highest BCUT2D eigenvalue weighted by Crippen LogP contribution is 2.28. The summed E-state index contributed by atoms with van der Waals surface area (Å²) < 4.78 is 0. The van der Waals surface area contributed by atoms with Crippen LogP contribution in [0.2, 0.25) is 0 Å². The van der Waals surface area contributed by atoms with Gasteiger partial charge in [-0.3, -0.25) is 4.98 Å².